The van der Waals surface area contributed by atoms with Crippen LogP contribution in [0.15, 0.2) is 18.2 Å². The van der Waals surface area contributed by atoms with Crippen molar-refractivity contribution in [3.63, 3.8) is 0 Å². The highest BCUT2D eigenvalue weighted by Crippen LogP contribution is 2.29. The fourth-order valence-corrected chi connectivity index (χ4v) is 1.87. The maximum Gasteiger partial charge on any atom is 0.161 e. The van der Waals surface area contributed by atoms with E-state index in [4.69, 9.17) is 19.9 Å². The predicted molar refractivity (Wildman–Crippen MR) is 76.9 cm³/mol. The topological polar surface area (TPSA) is 53.7 Å². The largest absolute Gasteiger partial charge is 0.493 e. The van der Waals surface area contributed by atoms with E-state index >= 15 is 0 Å². The van der Waals surface area contributed by atoms with E-state index in [1.807, 2.05) is 32.0 Å². The molecule has 4 nitrogen and oxygen atoms in total. The highest BCUT2D eigenvalue weighted by Gasteiger charge is 2.11. The molecule has 1 aromatic rings. The van der Waals surface area contributed by atoms with E-state index in [0.717, 1.165) is 29.9 Å². The summed E-state index contributed by atoms with van der Waals surface area (Å²) in [6.45, 7) is 4.70. The van der Waals surface area contributed by atoms with Crippen LogP contribution in [0.25, 0.3) is 0 Å². The molecule has 4 heteroatoms. The molecule has 0 amide bonds. The number of methoxy groups -OCH3 is 2. The van der Waals surface area contributed by atoms with Crippen molar-refractivity contribution in [2.45, 2.75) is 38.8 Å². The summed E-state index contributed by atoms with van der Waals surface area (Å²) in [5.74, 6) is 1.52. The average Bonchev–Trinajstić information content (AvgIpc) is 2.36. The standard InChI is InChI=1S/C15H25NO3/c1-11(16)9-13-5-6-14(18-4)15(10-13)19-12(2)7-8-17-3/h5-6,10-12H,7-9,16H2,1-4H3. The molecule has 0 aliphatic carbocycles. The first-order valence-electron chi connectivity index (χ1n) is 6.65. The zero-order valence-electron chi connectivity index (χ0n) is 12.3. The summed E-state index contributed by atoms with van der Waals surface area (Å²) >= 11 is 0. The summed E-state index contributed by atoms with van der Waals surface area (Å²) < 4.78 is 16.3. The minimum Gasteiger partial charge on any atom is -0.493 e. The normalized spacial score (nSPS) is 13.9. The first-order valence-corrected chi connectivity index (χ1v) is 6.65. The van der Waals surface area contributed by atoms with Crippen LogP contribution in [0.5, 0.6) is 11.5 Å². The van der Waals surface area contributed by atoms with E-state index in [9.17, 15) is 0 Å². The average molecular weight is 267 g/mol. The van der Waals surface area contributed by atoms with E-state index in [0.29, 0.717) is 6.61 Å². The molecule has 0 saturated heterocycles. The minimum atomic E-state index is 0.0828. The van der Waals surface area contributed by atoms with E-state index in [2.05, 4.69) is 0 Å². The maximum absolute atomic E-state index is 5.91. The summed E-state index contributed by atoms with van der Waals surface area (Å²) in [6, 6.07) is 6.09. The molecule has 0 aromatic heterocycles. The van der Waals surface area contributed by atoms with Gasteiger partial charge in [-0.1, -0.05) is 6.07 Å². The van der Waals surface area contributed by atoms with Gasteiger partial charge in [-0.2, -0.15) is 0 Å². The second-order valence-electron chi connectivity index (χ2n) is 4.88. The van der Waals surface area contributed by atoms with Gasteiger partial charge in [-0.05, 0) is 38.0 Å². The molecule has 0 radical (unpaired) electrons. The monoisotopic (exact) mass is 267 g/mol. The van der Waals surface area contributed by atoms with Crippen LogP contribution in [0.2, 0.25) is 0 Å². The van der Waals surface area contributed by atoms with Gasteiger partial charge in [0.2, 0.25) is 0 Å². The van der Waals surface area contributed by atoms with Crippen LogP contribution in [0.4, 0.5) is 0 Å². The lowest BCUT2D eigenvalue weighted by molar-refractivity contribution is 0.132. The molecule has 0 heterocycles. The molecular formula is C15H25NO3. The van der Waals surface area contributed by atoms with Crippen molar-refractivity contribution in [2.24, 2.45) is 5.73 Å². The van der Waals surface area contributed by atoms with Crippen molar-refractivity contribution in [2.75, 3.05) is 20.8 Å². The summed E-state index contributed by atoms with van der Waals surface area (Å²) in [5.41, 5.74) is 6.98. The van der Waals surface area contributed by atoms with Gasteiger partial charge in [0.15, 0.2) is 11.5 Å². The molecule has 1 rings (SSSR count). The molecular weight excluding hydrogens is 242 g/mol. The first kappa shape index (κ1) is 15.8. The fraction of sp³-hybridized carbons (Fsp3) is 0.600. The van der Waals surface area contributed by atoms with Crippen molar-refractivity contribution in [1.29, 1.82) is 0 Å². The van der Waals surface area contributed by atoms with Crippen LogP contribution in [0, 0.1) is 0 Å². The molecule has 0 bridgehead atoms. The third-order valence-corrected chi connectivity index (χ3v) is 2.84. The zero-order chi connectivity index (χ0) is 14.3. The molecule has 0 saturated carbocycles. The van der Waals surface area contributed by atoms with Crippen molar-refractivity contribution in [3.8, 4) is 11.5 Å². The quantitative estimate of drug-likeness (QED) is 0.785. The Morgan fingerprint density at radius 2 is 1.89 bits per heavy atom. The number of benzene rings is 1. The molecule has 108 valence electrons. The van der Waals surface area contributed by atoms with Gasteiger partial charge in [0.25, 0.3) is 0 Å². The van der Waals surface area contributed by atoms with E-state index in [1.54, 1.807) is 14.2 Å². The Morgan fingerprint density at radius 1 is 1.16 bits per heavy atom. The molecule has 0 aliphatic rings. The second kappa shape index (κ2) is 8.02. The summed E-state index contributed by atoms with van der Waals surface area (Å²) in [7, 11) is 3.34. The summed E-state index contributed by atoms with van der Waals surface area (Å²) in [6.07, 6.45) is 1.75. The molecule has 2 N–H and O–H groups in total. The van der Waals surface area contributed by atoms with Gasteiger partial charge in [-0.15, -0.1) is 0 Å². The fourth-order valence-electron chi connectivity index (χ4n) is 1.87. The van der Waals surface area contributed by atoms with Gasteiger partial charge in [0.1, 0.15) is 0 Å². The van der Waals surface area contributed by atoms with Crippen molar-refractivity contribution >= 4 is 0 Å². The maximum atomic E-state index is 5.91. The summed E-state index contributed by atoms with van der Waals surface area (Å²) in [4.78, 5) is 0. The second-order valence-corrected chi connectivity index (χ2v) is 4.88. The van der Waals surface area contributed by atoms with Gasteiger partial charge < -0.3 is 19.9 Å². The van der Waals surface area contributed by atoms with Crippen LogP contribution >= 0.6 is 0 Å². The van der Waals surface area contributed by atoms with Crippen LogP contribution in [-0.2, 0) is 11.2 Å². The van der Waals surface area contributed by atoms with Crippen LogP contribution in [0.3, 0.4) is 0 Å². The van der Waals surface area contributed by atoms with Gasteiger partial charge in [0, 0.05) is 26.2 Å². The smallest absolute Gasteiger partial charge is 0.161 e. The van der Waals surface area contributed by atoms with Crippen LogP contribution < -0.4 is 15.2 Å². The van der Waals surface area contributed by atoms with E-state index < -0.39 is 0 Å². The molecule has 0 spiro atoms. The number of rotatable bonds is 8. The van der Waals surface area contributed by atoms with Crippen molar-refractivity contribution < 1.29 is 14.2 Å². The third kappa shape index (κ3) is 5.49. The van der Waals surface area contributed by atoms with Gasteiger partial charge in [-0.25, -0.2) is 0 Å². The number of hydrogen-bond donors (Lipinski definition) is 1. The molecule has 2 atom stereocenters. The number of nitrogens with two attached hydrogens (primary N) is 1. The predicted octanol–water partition coefficient (Wildman–Crippen LogP) is 2.39. The van der Waals surface area contributed by atoms with Gasteiger partial charge >= 0.3 is 0 Å². The Labute approximate surface area is 115 Å². The van der Waals surface area contributed by atoms with Crippen molar-refractivity contribution in [1.82, 2.24) is 0 Å². The number of hydrogen-bond acceptors (Lipinski definition) is 4. The molecule has 19 heavy (non-hydrogen) atoms. The molecule has 0 aliphatic heterocycles. The number of ether oxygens (including phenoxy) is 3. The Kier molecular flexibility index (Phi) is 6.67. The first-order chi connectivity index (χ1) is 9.06. The van der Waals surface area contributed by atoms with E-state index in [-0.39, 0.29) is 12.1 Å². The zero-order valence-corrected chi connectivity index (χ0v) is 12.3. The Balaban J connectivity index is 2.77. The van der Waals surface area contributed by atoms with Gasteiger partial charge in [-0.3, -0.25) is 0 Å². The molecule has 1 aromatic carbocycles. The lowest BCUT2D eigenvalue weighted by Crippen LogP contribution is -2.18. The highest BCUT2D eigenvalue weighted by atomic mass is 16.5. The highest BCUT2D eigenvalue weighted by molar-refractivity contribution is 5.43. The Hall–Kier alpha value is -1.26. The van der Waals surface area contributed by atoms with Crippen LogP contribution in [-0.4, -0.2) is 33.0 Å². The van der Waals surface area contributed by atoms with Gasteiger partial charge in [0.05, 0.1) is 13.2 Å². The van der Waals surface area contributed by atoms with E-state index in [1.165, 1.54) is 0 Å². The molecule has 2 unspecified atom stereocenters. The Morgan fingerprint density at radius 3 is 2.47 bits per heavy atom. The van der Waals surface area contributed by atoms with Crippen molar-refractivity contribution in [3.05, 3.63) is 23.8 Å². The minimum absolute atomic E-state index is 0.0828. The summed E-state index contributed by atoms with van der Waals surface area (Å²) in [5, 5.41) is 0. The Bertz CT molecular complexity index is 380. The lowest BCUT2D eigenvalue weighted by atomic mass is 10.1. The molecule has 0 fully saturated rings. The SMILES string of the molecule is COCCC(C)Oc1cc(CC(C)N)ccc1OC. The third-order valence-electron chi connectivity index (χ3n) is 2.84. The van der Waals surface area contributed by atoms with Crippen LogP contribution in [0.1, 0.15) is 25.8 Å². The lowest BCUT2D eigenvalue weighted by Gasteiger charge is -2.18.